The molecule has 1 saturated heterocycles. The van der Waals surface area contributed by atoms with Crippen LogP contribution in [0.5, 0.6) is 0 Å². The van der Waals surface area contributed by atoms with E-state index >= 15 is 0 Å². The molecule has 0 spiro atoms. The van der Waals surface area contributed by atoms with Crippen molar-refractivity contribution in [2.75, 3.05) is 11.9 Å². The van der Waals surface area contributed by atoms with Crippen molar-refractivity contribution in [2.24, 2.45) is 0 Å². The van der Waals surface area contributed by atoms with E-state index in [-0.39, 0.29) is 12.1 Å². The zero-order chi connectivity index (χ0) is 13.8. The van der Waals surface area contributed by atoms with E-state index in [0.717, 1.165) is 35.7 Å². The quantitative estimate of drug-likeness (QED) is 0.837. The number of aryl methyl sites for hydroxylation is 1. The summed E-state index contributed by atoms with van der Waals surface area (Å²) in [6, 6.07) is 6.02. The zero-order valence-corrected chi connectivity index (χ0v) is 12.8. The van der Waals surface area contributed by atoms with E-state index in [0.29, 0.717) is 5.11 Å². The van der Waals surface area contributed by atoms with Crippen LogP contribution >= 0.6 is 23.8 Å². The molecule has 0 saturated carbocycles. The number of hydrogen-bond acceptors (Lipinski definition) is 2. The van der Waals surface area contributed by atoms with Crippen molar-refractivity contribution in [1.29, 1.82) is 0 Å². The first-order valence-electron chi connectivity index (χ1n) is 6.51. The van der Waals surface area contributed by atoms with Crippen molar-refractivity contribution in [2.45, 2.75) is 38.8 Å². The van der Waals surface area contributed by atoms with Gasteiger partial charge < -0.3 is 15.4 Å². The molecule has 5 heteroatoms. The molecule has 0 radical (unpaired) electrons. The van der Waals surface area contributed by atoms with Crippen molar-refractivity contribution in [3.05, 3.63) is 28.8 Å². The molecule has 1 aromatic carbocycles. The summed E-state index contributed by atoms with van der Waals surface area (Å²) in [5, 5.41) is 7.74. The molecule has 0 amide bonds. The number of anilines is 1. The first-order chi connectivity index (χ1) is 9.06. The minimum atomic E-state index is 0.212. The van der Waals surface area contributed by atoms with E-state index in [2.05, 4.69) is 17.6 Å². The number of benzene rings is 1. The fourth-order valence-corrected chi connectivity index (χ4v) is 2.62. The predicted octanol–water partition coefficient (Wildman–Crippen LogP) is 3.50. The van der Waals surface area contributed by atoms with Gasteiger partial charge in [-0.3, -0.25) is 0 Å². The van der Waals surface area contributed by atoms with Gasteiger partial charge in [-0.15, -0.1) is 0 Å². The zero-order valence-electron chi connectivity index (χ0n) is 11.2. The first-order valence-corrected chi connectivity index (χ1v) is 7.30. The number of ether oxygens (including phenoxy) is 1. The Morgan fingerprint density at radius 2 is 2.32 bits per heavy atom. The van der Waals surface area contributed by atoms with Gasteiger partial charge >= 0.3 is 0 Å². The van der Waals surface area contributed by atoms with Gasteiger partial charge in [-0.2, -0.15) is 0 Å². The highest BCUT2D eigenvalue weighted by molar-refractivity contribution is 7.80. The fraction of sp³-hybridized carbons (Fsp3) is 0.500. The molecule has 0 aliphatic carbocycles. The Morgan fingerprint density at radius 1 is 1.53 bits per heavy atom. The van der Waals surface area contributed by atoms with Gasteiger partial charge in [-0.05, 0) is 56.6 Å². The molecule has 0 bridgehead atoms. The maximum Gasteiger partial charge on any atom is 0.171 e. The van der Waals surface area contributed by atoms with Crippen LogP contribution in [0.25, 0.3) is 0 Å². The number of rotatable bonds is 3. The van der Waals surface area contributed by atoms with Crippen LogP contribution in [0.1, 0.15) is 25.3 Å². The second kappa shape index (κ2) is 6.55. The van der Waals surface area contributed by atoms with Crippen molar-refractivity contribution in [3.63, 3.8) is 0 Å². The lowest BCUT2D eigenvalue weighted by Gasteiger charge is -2.22. The third kappa shape index (κ3) is 4.06. The average molecular weight is 299 g/mol. The molecule has 1 fully saturated rings. The van der Waals surface area contributed by atoms with Gasteiger partial charge in [0.2, 0.25) is 0 Å². The normalized spacial score (nSPS) is 20.1. The Labute approximate surface area is 124 Å². The summed E-state index contributed by atoms with van der Waals surface area (Å²) >= 11 is 11.4. The molecule has 104 valence electrons. The maximum atomic E-state index is 6.08. The Kier molecular flexibility index (Phi) is 5.02. The molecule has 1 aliphatic rings. The molecule has 1 aromatic rings. The van der Waals surface area contributed by atoms with Crippen LogP contribution in [-0.4, -0.2) is 23.9 Å². The molecule has 0 aromatic heterocycles. The topological polar surface area (TPSA) is 33.3 Å². The number of thiocarbonyl (C=S) groups is 1. The summed E-state index contributed by atoms with van der Waals surface area (Å²) in [5.74, 6) is 0. The van der Waals surface area contributed by atoms with Crippen LogP contribution in [0.2, 0.25) is 5.02 Å². The largest absolute Gasteiger partial charge is 0.376 e. The number of nitrogens with one attached hydrogen (secondary N) is 2. The first kappa shape index (κ1) is 14.6. The van der Waals surface area contributed by atoms with E-state index in [4.69, 9.17) is 28.6 Å². The molecule has 19 heavy (non-hydrogen) atoms. The average Bonchev–Trinajstić information content (AvgIpc) is 2.87. The summed E-state index contributed by atoms with van der Waals surface area (Å²) in [7, 11) is 0. The van der Waals surface area contributed by atoms with Gasteiger partial charge in [0, 0.05) is 17.3 Å². The molecule has 2 rings (SSSR count). The minimum Gasteiger partial charge on any atom is -0.376 e. The van der Waals surface area contributed by atoms with Crippen molar-refractivity contribution in [3.8, 4) is 0 Å². The SMILES string of the molecule is Cc1ccc(NC(=S)NC(C)C2CCCO2)cc1Cl. The third-order valence-electron chi connectivity index (χ3n) is 3.31. The number of hydrogen-bond donors (Lipinski definition) is 2. The van der Waals surface area contributed by atoms with Crippen LogP contribution in [0.3, 0.4) is 0 Å². The summed E-state index contributed by atoms with van der Waals surface area (Å²) in [5.41, 5.74) is 1.95. The maximum absolute atomic E-state index is 6.08. The highest BCUT2D eigenvalue weighted by Crippen LogP contribution is 2.20. The lowest BCUT2D eigenvalue weighted by molar-refractivity contribution is 0.0895. The smallest absolute Gasteiger partial charge is 0.171 e. The van der Waals surface area contributed by atoms with Gasteiger partial charge in [0.25, 0.3) is 0 Å². The molecule has 2 atom stereocenters. The van der Waals surface area contributed by atoms with Crippen LogP contribution in [0.4, 0.5) is 5.69 Å². The Hall–Kier alpha value is -0.840. The van der Waals surface area contributed by atoms with E-state index in [1.165, 1.54) is 0 Å². The van der Waals surface area contributed by atoms with Crippen molar-refractivity contribution >= 4 is 34.6 Å². The Balaban J connectivity index is 1.88. The van der Waals surface area contributed by atoms with Crippen LogP contribution in [0, 0.1) is 6.92 Å². The molecule has 3 nitrogen and oxygen atoms in total. The van der Waals surface area contributed by atoms with Crippen LogP contribution in [0.15, 0.2) is 18.2 Å². The number of halogens is 1. The second-order valence-electron chi connectivity index (χ2n) is 4.90. The monoisotopic (exact) mass is 298 g/mol. The summed E-state index contributed by atoms with van der Waals surface area (Å²) in [6.07, 6.45) is 2.47. The highest BCUT2D eigenvalue weighted by Gasteiger charge is 2.22. The minimum absolute atomic E-state index is 0.212. The molecular weight excluding hydrogens is 280 g/mol. The van der Waals surface area contributed by atoms with Gasteiger partial charge in [-0.25, -0.2) is 0 Å². The van der Waals surface area contributed by atoms with Gasteiger partial charge in [-0.1, -0.05) is 17.7 Å². The lowest BCUT2D eigenvalue weighted by atomic mass is 10.1. The highest BCUT2D eigenvalue weighted by atomic mass is 35.5. The van der Waals surface area contributed by atoms with E-state index in [9.17, 15) is 0 Å². The summed E-state index contributed by atoms with van der Waals surface area (Å²) in [4.78, 5) is 0. The summed E-state index contributed by atoms with van der Waals surface area (Å²) < 4.78 is 5.63. The molecule has 2 N–H and O–H groups in total. The fourth-order valence-electron chi connectivity index (χ4n) is 2.13. The lowest BCUT2D eigenvalue weighted by Crippen LogP contribution is -2.42. The Morgan fingerprint density at radius 3 is 2.95 bits per heavy atom. The van der Waals surface area contributed by atoms with Crippen molar-refractivity contribution < 1.29 is 4.74 Å². The van der Waals surface area contributed by atoms with E-state index in [1.54, 1.807) is 0 Å². The van der Waals surface area contributed by atoms with E-state index in [1.807, 2.05) is 25.1 Å². The molecule has 1 aliphatic heterocycles. The summed E-state index contributed by atoms with van der Waals surface area (Å²) in [6.45, 7) is 4.92. The second-order valence-corrected chi connectivity index (χ2v) is 5.72. The standard InChI is InChI=1S/C14H19ClN2OS/c1-9-5-6-11(8-12(9)15)17-14(19)16-10(2)13-4-3-7-18-13/h5-6,8,10,13H,3-4,7H2,1-2H3,(H2,16,17,19). The molecule has 1 heterocycles. The van der Waals surface area contributed by atoms with Gasteiger partial charge in [0.05, 0.1) is 12.1 Å². The molecular formula is C14H19ClN2OS. The van der Waals surface area contributed by atoms with E-state index < -0.39 is 0 Å². The third-order valence-corrected chi connectivity index (χ3v) is 3.94. The molecule has 2 unspecified atom stereocenters. The predicted molar refractivity (Wildman–Crippen MR) is 84.0 cm³/mol. The van der Waals surface area contributed by atoms with Crippen LogP contribution < -0.4 is 10.6 Å². The van der Waals surface area contributed by atoms with Gasteiger partial charge in [0.15, 0.2) is 5.11 Å². The Bertz CT molecular complexity index is 461. The van der Waals surface area contributed by atoms with Crippen molar-refractivity contribution in [1.82, 2.24) is 5.32 Å². The van der Waals surface area contributed by atoms with Gasteiger partial charge in [0.1, 0.15) is 0 Å². The van der Waals surface area contributed by atoms with Crippen LogP contribution in [-0.2, 0) is 4.74 Å².